The van der Waals surface area contributed by atoms with E-state index in [1.54, 1.807) is 13.3 Å². The van der Waals surface area contributed by atoms with Crippen LogP contribution in [0.25, 0.3) is 0 Å². The van der Waals surface area contributed by atoms with E-state index in [9.17, 15) is 4.79 Å². The number of aryl methyl sites for hydroxylation is 2. The number of hydrogen-bond acceptors (Lipinski definition) is 3. The molecule has 2 aromatic rings. The van der Waals surface area contributed by atoms with Gasteiger partial charge in [-0.3, -0.25) is 9.78 Å². The molecule has 1 aromatic carbocycles. The number of fused-ring (bicyclic) bond motifs is 1. The summed E-state index contributed by atoms with van der Waals surface area (Å²) in [5, 5.41) is 0. The number of aromatic nitrogens is 1. The Labute approximate surface area is 125 Å². The van der Waals surface area contributed by atoms with Crippen molar-refractivity contribution in [2.24, 2.45) is 0 Å². The summed E-state index contributed by atoms with van der Waals surface area (Å²) in [7, 11) is 1.63. The summed E-state index contributed by atoms with van der Waals surface area (Å²) in [6.45, 7) is 2.02. The highest BCUT2D eigenvalue weighted by Crippen LogP contribution is 2.36. The zero-order valence-corrected chi connectivity index (χ0v) is 12.4. The fourth-order valence-electron chi connectivity index (χ4n) is 3.21. The van der Waals surface area contributed by atoms with Crippen LogP contribution >= 0.6 is 0 Å². The lowest BCUT2D eigenvalue weighted by Crippen LogP contribution is -2.14. The zero-order chi connectivity index (χ0) is 14.8. The Morgan fingerprint density at radius 3 is 2.90 bits per heavy atom. The second-order valence-electron chi connectivity index (χ2n) is 5.54. The maximum atomic E-state index is 13.1. The summed E-state index contributed by atoms with van der Waals surface area (Å²) < 4.78 is 5.42. The van der Waals surface area contributed by atoms with Gasteiger partial charge in [-0.25, -0.2) is 0 Å². The van der Waals surface area contributed by atoms with E-state index in [1.165, 1.54) is 0 Å². The molecule has 0 bridgehead atoms. The summed E-state index contributed by atoms with van der Waals surface area (Å²) in [6, 6.07) is 7.84. The molecule has 0 N–H and O–H groups in total. The van der Waals surface area contributed by atoms with Gasteiger partial charge in [0, 0.05) is 18.3 Å². The number of benzene rings is 1. The first-order valence-electron chi connectivity index (χ1n) is 7.33. The fourth-order valence-corrected chi connectivity index (χ4v) is 3.21. The lowest BCUT2D eigenvalue weighted by atomic mass is 9.87. The Hall–Kier alpha value is -2.16. The number of carbonyl (C=O) groups is 1. The topological polar surface area (TPSA) is 39.2 Å². The molecule has 0 saturated heterocycles. The van der Waals surface area contributed by atoms with Gasteiger partial charge >= 0.3 is 0 Å². The van der Waals surface area contributed by atoms with Gasteiger partial charge in [-0.2, -0.15) is 0 Å². The summed E-state index contributed by atoms with van der Waals surface area (Å²) in [5.74, 6) is 0.774. The highest BCUT2D eigenvalue weighted by molar-refractivity contribution is 6.04. The van der Waals surface area contributed by atoms with E-state index in [4.69, 9.17) is 4.74 Å². The number of nitrogens with zero attached hydrogens (tertiary/aromatic N) is 1. The standard InChI is InChI=1S/C18H19NO2/c1-12-11-19-10-9-14(12)15-7-3-5-13-6-4-8-16(21-2)17(13)18(15)20/h4,6,8-11,15H,3,5,7H2,1-2H3. The molecule has 1 aliphatic rings. The van der Waals surface area contributed by atoms with E-state index >= 15 is 0 Å². The molecule has 1 unspecified atom stereocenters. The molecule has 3 rings (SSSR count). The first-order chi connectivity index (χ1) is 10.2. The average molecular weight is 281 g/mol. The summed E-state index contributed by atoms with van der Waals surface area (Å²) in [4.78, 5) is 17.2. The van der Waals surface area contributed by atoms with E-state index in [0.29, 0.717) is 5.75 Å². The molecule has 0 radical (unpaired) electrons. The van der Waals surface area contributed by atoms with Crippen LogP contribution in [-0.4, -0.2) is 17.9 Å². The predicted octanol–water partition coefficient (Wildman–Crippen LogP) is 3.70. The second-order valence-corrected chi connectivity index (χ2v) is 5.54. The van der Waals surface area contributed by atoms with Gasteiger partial charge < -0.3 is 4.74 Å². The smallest absolute Gasteiger partial charge is 0.174 e. The van der Waals surface area contributed by atoms with E-state index < -0.39 is 0 Å². The number of Topliss-reactive ketones (excluding diaryl/α,β-unsaturated/α-hetero) is 1. The fraction of sp³-hybridized carbons (Fsp3) is 0.333. The minimum Gasteiger partial charge on any atom is -0.496 e. The van der Waals surface area contributed by atoms with Gasteiger partial charge in [-0.15, -0.1) is 0 Å². The van der Waals surface area contributed by atoms with Crippen molar-refractivity contribution in [2.75, 3.05) is 7.11 Å². The van der Waals surface area contributed by atoms with Crippen LogP contribution < -0.4 is 4.74 Å². The van der Waals surface area contributed by atoms with Crippen LogP contribution in [0.2, 0.25) is 0 Å². The Balaban J connectivity index is 2.10. The monoisotopic (exact) mass is 281 g/mol. The summed E-state index contributed by atoms with van der Waals surface area (Å²) in [5.41, 5.74) is 4.04. The number of pyridine rings is 1. The van der Waals surface area contributed by atoms with E-state index in [2.05, 4.69) is 4.98 Å². The molecule has 1 heterocycles. The maximum Gasteiger partial charge on any atom is 0.174 e. The van der Waals surface area contributed by atoms with Crippen LogP contribution in [0.15, 0.2) is 36.7 Å². The molecule has 0 spiro atoms. The molecule has 1 aromatic heterocycles. The molecule has 0 fully saturated rings. The highest BCUT2D eigenvalue weighted by atomic mass is 16.5. The number of ketones is 1. The summed E-state index contributed by atoms with van der Waals surface area (Å²) in [6.07, 6.45) is 6.42. The molecular formula is C18H19NO2. The van der Waals surface area contributed by atoms with Crippen molar-refractivity contribution in [3.63, 3.8) is 0 Å². The first-order valence-corrected chi connectivity index (χ1v) is 7.33. The molecule has 3 heteroatoms. The van der Waals surface area contributed by atoms with Crippen molar-refractivity contribution in [1.29, 1.82) is 0 Å². The number of carbonyl (C=O) groups excluding carboxylic acids is 1. The number of ether oxygens (including phenoxy) is 1. The molecular weight excluding hydrogens is 262 g/mol. The second kappa shape index (κ2) is 5.68. The average Bonchev–Trinajstić information content (AvgIpc) is 2.67. The molecule has 21 heavy (non-hydrogen) atoms. The number of methoxy groups -OCH3 is 1. The highest BCUT2D eigenvalue weighted by Gasteiger charge is 2.30. The van der Waals surface area contributed by atoms with E-state index in [1.807, 2.05) is 37.4 Å². The van der Waals surface area contributed by atoms with E-state index in [-0.39, 0.29) is 11.7 Å². The Bertz CT molecular complexity index is 679. The number of hydrogen-bond donors (Lipinski definition) is 0. The normalized spacial score (nSPS) is 18.0. The number of rotatable bonds is 2. The first kappa shape index (κ1) is 13.8. The quantitative estimate of drug-likeness (QED) is 0.788. The summed E-state index contributed by atoms with van der Waals surface area (Å²) >= 11 is 0. The van der Waals surface area contributed by atoms with Gasteiger partial charge in [0.05, 0.1) is 12.7 Å². The molecule has 0 aliphatic heterocycles. The van der Waals surface area contributed by atoms with Crippen molar-refractivity contribution < 1.29 is 9.53 Å². The predicted molar refractivity (Wildman–Crippen MR) is 82.0 cm³/mol. The Kier molecular flexibility index (Phi) is 3.74. The third kappa shape index (κ3) is 2.44. The lowest BCUT2D eigenvalue weighted by Gasteiger charge is -2.17. The zero-order valence-electron chi connectivity index (χ0n) is 12.4. The molecule has 1 aliphatic carbocycles. The lowest BCUT2D eigenvalue weighted by molar-refractivity contribution is 0.0954. The van der Waals surface area contributed by atoms with Crippen molar-refractivity contribution in [3.05, 3.63) is 58.9 Å². The molecule has 0 saturated carbocycles. The third-order valence-electron chi connectivity index (χ3n) is 4.27. The molecule has 108 valence electrons. The maximum absolute atomic E-state index is 13.1. The Morgan fingerprint density at radius 1 is 1.29 bits per heavy atom. The van der Waals surface area contributed by atoms with Crippen molar-refractivity contribution >= 4 is 5.78 Å². The van der Waals surface area contributed by atoms with Crippen LogP contribution in [0.4, 0.5) is 0 Å². The van der Waals surface area contributed by atoms with Gasteiger partial charge in [-0.05, 0) is 55.0 Å². The minimum absolute atomic E-state index is 0.0921. The molecule has 0 amide bonds. The molecule has 3 nitrogen and oxygen atoms in total. The molecule has 1 atom stereocenters. The van der Waals surface area contributed by atoms with Gasteiger partial charge in [0.2, 0.25) is 0 Å². The third-order valence-corrected chi connectivity index (χ3v) is 4.27. The van der Waals surface area contributed by atoms with Crippen molar-refractivity contribution in [3.8, 4) is 5.75 Å². The van der Waals surface area contributed by atoms with Crippen LogP contribution in [-0.2, 0) is 6.42 Å². The van der Waals surface area contributed by atoms with Crippen molar-refractivity contribution in [1.82, 2.24) is 4.98 Å². The van der Waals surface area contributed by atoms with Crippen LogP contribution in [0.3, 0.4) is 0 Å². The van der Waals surface area contributed by atoms with Crippen LogP contribution in [0, 0.1) is 6.92 Å². The van der Waals surface area contributed by atoms with Gasteiger partial charge in [-0.1, -0.05) is 12.1 Å². The van der Waals surface area contributed by atoms with Gasteiger partial charge in [0.1, 0.15) is 5.75 Å². The van der Waals surface area contributed by atoms with E-state index in [0.717, 1.165) is 41.5 Å². The largest absolute Gasteiger partial charge is 0.496 e. The Morgan fingerprint density at radius 2 is 2.14 bits per heavy atom. The SMILES string of the molecule is COc1cccc2c1C(=O)C(c1ccncc1C)CCC2. The van der Waals surface area contributed by atoms with Crippen LogP contribution in [0.1, 0.15) is 45.8 Å². The van der Waals surface area contributed by atoms with Crippen molar-refractivity contribution in [2.45, 2.75) is 32.1 Å². The van der Waals surface area contributed by atoms with Crippen LogP contribution in [0.5, 0.6) is 5.75 Å². The minimum atomic E-state index is -0.0921. The van der Waals surface area contributed by atoms with Gasteiger partial charge in [0.15, 0.2) is 5.78 Å². The van der Waals surface area contributed by atoms with Gasteiger partial charge in [0.25, 0.3) is 0 Å².